The number of hydrogen-bond acceptors (Lipinski definition) is 1. The quantitative estimate of drug-likeness (QED) is 0.399. The smallest absolute Gasteiger partial charge is 0.344 e. The summed E-state index contributed by atoms with van der Waals surface area (Å²) < 4.78 is 0. The summed E-state index contributed by atoms with van der Waals surface area (Å²) in [6.07, 6.45) is 2.76. The monoisotopic (exact) mass is 385 g/mol. The Kier molecular flexibility index (Phi) is 6.90. The summed E-state index contributed by atoms with van der Waals surface area (Å²) in [5.74, 6) is 0.787. The molecule has 0 unspecified atom stereocenters. The van der Waals surface area contributed by atoms with Crippen LogP contribution in [0.25, 0.3) is 0 Å². The molecule has 0 aliphatic rings. The van der Waals surface area contributed by atoms with Crippen molar-refractivity contribution in [3.63, 3.8) is 0 Å². The molecule has 5 heteroatoms. The highest BCUT2D eigenvalue weighted by Crippen LogP contribution is 2.10. The van der Waals surface area contributed by atoms with E-state index in [0.29, 0.717) is 5.11 Å². The number of benzene rings is 1. The first kappa shape index (κ1) is 16.0. The van der Waals surface area contributed by atoms with Crippen molar-refractivity contribution in [2.45, 2.75) is 6.42 Å². The molecule has 2 aromatic rings. The highest BCUT2D eigenvalue weighted by molar-refractivity contribution is 7.78. The molecule has 19 heavy (non-hydrogen) atoms. The molecule has 0 fully saturated rings. The molecule has 3 N–H and O–H groups in total. The van der Waals surface area contributed by atoms with Gasteiger partial charge in [-0.3, -0.25) is 5.32 Å². The van der Waals surface area contributed by atoms with Gasteiger partial charge in [0, 0.05) is 12.1 Å². The summed E-state index contributed by atoms with van der Waals surface area (Å²) in [6, 6.07) is 16.2. The third kappa shape index (κ3) is 5.22. The first-order valence-corrected chi connectivity index (χ1v) is 6.93. The van der Waals surface area contributed by atoms with Gasteiger partial charge in [0.05, 0.1) is 0 Å². The number of rotatable bonds is 3. The van der Waals surface area contributed by atoms with Gasteiger partial charge in [-0.15, -0.1) is 0 Å². The van der Waals surface area contributed by atoms with Crippen LogP contribution in [0.5, 0.6) is 0 Å². The SMILES string of the molecule is C/[S+]=C(\N)Nc1cccc(Cc2ccccc2)n1.[I-]. The van der Waals surface area contributed by atoms with Crippen molar-refractivity contribution in [2.75, 3.05) is 11.6 Å². The van der Waals surface area contributed by atoms with Crippen LogP contribution in [0.15, 0.2) is 48.5 Å². The molecule has 0 atom stereocenters. The van der Waals surface area contributed by atoms with Crippen LogP contribution in [0, 0.1) is 0 Å². The molecule has 0 aliphatic heterocycles. The maximum atomic E-state index is 5.74. The normalized spacial score (nSPS) is 10.7. The van der Waals surface area contributed by atoms with Crippen molar-refractivity contribution < 1.29 is 24.0 Å². The number of pyridine rings is 1. The fourth-order valence-corrected chi connectivity index (χ4v) is 1.84. The Labute approximate surface area is 134 Å². The minimum Gasteiger partial charge on any atom is -1.00 e. The van der Waals surface area contributed by atoms with Gasteiger partial charge in [0.15, 0.2) is 6.26 Å². The van der Waals surface area contributed by atoms with Gasteiger partial charge in [0.25, 0.3) is 0 Å². The van der Waals surface area contributed by atoms with Gasteiger partial charge in [0.2, 0.25) is 11.4 Å². The van der Waals surface area contributed by atoms with Crippen LogP contribution in [-0.4, -0.2) is 16.4 Å². The zero-order valence-corrected chi connectivity index (χ0v) is 13.6. The highest BCUT2D eigenvalue weighted by Gasteiger charge is 2.03. The Balaban J connectivity index is 0.00000180. The summed E-state index contributed by atoms with van der Waals surface area (Å²) in [6.45, 7) is 0. The lowest BCUT2D eigenvalue weighted by atomic mass is 10.1. The Bertz CT molecular complexity index is 543. The van der Waals surface area contributed by atoms with Gasteiger partial charge in [-0.2, -0.15) is 0 Å². The maximum Gasteiger partial charge on any atom is 0.344 e. The number of halogens is 1. The molecule has 1 aromatic carbocycles. The molecular weight excluding hydrogens is 369 g/mol. The second-order valence-electron chi connectivity index (χ2n) is 3.87. The molecule has 0 spiro atoms. The average molecular weight is 385 g/mol. The molecule has 0 amide bonds. The first-order valence-electron chi connectivity index (χ1n) is 5.71. The molecule has 0 saturated carbocycles. The van der Waals surface area contributed by atoms with Crippen LogP contribution < -0.4 is 35.0 Å². The van der Waals surface area contributed by atoms with E-state index in [0.717, 1.165) is 17.9 Å². The highest BCUT2D eigenvalue weighted by atomic mass is 127. The molecule has 2 rings (SSSR count). The van der Waals surface area contributed by atoms with E-state index in [4.69, 9.17) is 5.73 Å². The van der Waals surface area contributed by atoms with Crippen molar-refractivity contribution >= 4 is 22.3 Å². The molecule has 1 aromatic heterocycles. The Morgan fingerprint density at radius 1 is 1.16 bits per heavy atom. The fraction of sp³-hybridized carbons (Fsp3) is 0.143. The zero-order chi connectivity index (χ0) is 12.8. The molecule has 0 aliphatic carbocycles. The number of aromatic nitrogens is 1. The molecular formula is C14H16IN3S. The Hall–Kier alpha value is -1.05. The van der Waals surface area contributed by atoms with E-state index in [9.17, 15) is 0 Å². The van der Waals surface area contributed by atoms with Gasteiger partial charge in [-0.05, 0) is 17.7 Å². The summed E-state index contributed by atoms with van der Waals surface area (Å²) in [4.78, 5) is 4.53. The summed E-state index contributed by atoms with van der Waals surface area (Å²) >= 11 is 1.47. The summed E-state index contributed by atoms with van der Waals surface area (Å²) in [7, 11) is 0. The number of hydrogen-bond donors (Lipinski definition) is 2. The molecule has 0 saturated heterocycles. The maximum absolute atomic E-state index is 5.74. The third-order valence-corrected chi connectivity index (χ3v) is 3.05. The van der Waals surface area contributed by atoms with Crippen molar-refractivity contribution in [1.29, 1.82) is 0 Å². The second-order valence-corrected chi connectivity index (χ2v) is 4.72. The van der Waals surface area contributed by atoms with Crippen LogP contribution in [0.2, 0.25) is 0 Å². The molecule has 0 bridgehead atoms. The van der Waals surface area contributed by atoms with E-state index < -0.39 is 0 Å². The standard InChI is InChI=1S/C14H16N3S.HI/c1-18-14(15)17-13-9-5-8-12(16-13)10-11-6-3-2-4-7-11;/h2-9H,10,15H2,1H3,(H,16,17);1H/q+1;/p-1. The predicted octanol–water partition coefficient (Wildman–Crippen LogP) is -1.15. The fourth-order valence-electron chi connectivity index (χ4n) is 1.63. The van der Waals surface area contributed by atoms with Gasteiger partial charge >= 0.3 is 5.11 Å². The average Bonchev–Trinajstić information content (AvgIpc) is 2.40. The van der Waals surface area contributed by atoms with Crippen molar-refractivity contribution in [2.24, 2.45) is 5.73 Å². The third-order valence-electron chi connectivity index (χ3n) is 2.51. The molecule has 3 nitrogen and oxygen atoms in total. The van der Waals surface area contributed by atoms with Crippen molar-refractivity contribution in [3.05, 3.63) is 59.8 Å². The van der Waals surface area contributed by atoms with E-state index in [2.05, 4.69) is 22.4 Å². The number of nitrogens with one attached hydrogen (secondary N) is 1. The minimum absolute atomic E-state index is 0. The Morgan fingerprint density at radius 3 is 2.58 bits per heavy atom. The van der Waals surface area contributed by atoms with Crippen molar-refractivity contribution in [1.82, 2.24) is 4.98 Å². The van der Waals surface area contributed by atoms with Gasteiger partial charge < -0.3 is 24.0 Å². The van der Waals surface area contributed by atoms with Gasteiger partial charge in [0.1, 0.15) is 5.82 Å². The van der Waals surface area contributed by atoms with Crippen LogP contribution in [0.1, 0.15) is 11.3 Å². The largest absolute Gasteiger partial charge is 1.00 e. The summed E-state index contributed by atoms with van der Waals surface area (Å²) in [5, 5.41) is 3.72. The van der Waals surface area contributed by atoms with Gasteiger partial charge in [-0.25, -0.2) is 10.7 Å². The topological polar surface area (TPSA) is 50.9 Å². The first-order chi connectivity index (χ1) is 8.78. The molecule has 100 valence electrons. The minimum atomic E-state index is 0. The van der Waals surface area contributed by atoms with E-state index in [1.54, 1.807) is 0 Å². The van der Waals surface area contributed by atoms with E-state index >= 15 is 0 Å². The second kappa shape index (κ2) is 8.19. The van der Waals surface area contributed by atoms with E-state index in [1.807, 2.05) is 42.7 Å². The molecule has 1 heterocycles. The lowest BCUT2D eigenvalue weighted by molar-refractivity contribution is -0.00000384. The van der Waals surface area contributed by atoms with E-state index in [-0.39, 0.29) is 24.0 Å². The van der Waals surface area contributed by atoms with E-state index in [1.165, 1.54) is 16.9 Å². The van der Waals surface area contributed by atoms with Gasteiger partial charge in [-0.1, -0.05) is 36.4 Å². The lowest BCUT2D eigenvalue weighted by Crippen LogP contribution is -3.00. The van der Waals surface area contributed by atoms with Crippen molar-refractivity contribution in [3.8, 4) is 0 Å². The number of anilines is 1. The lowest BCUT2D eigenvalue weighted by Gasteiger charge is -2.04. The van der Waals surface area contributed by atoms with Crippen LogP contribution in [0.3, 0.4) is 0 Å². The van der Waals surface area contributed by atoms with Crippen LogP contribution >= 0.6 is 0 Å². The van der Waals surface area contributed by atoms with Crippen LogP contribution in [-0.2, 0) is 17.8 Å². The number of nitrogens with zero attached hydrogens (tertiary/aromatic N) is 1. The summed E-state index contributed by atoms with van der Waals surface area (Å²) in [5.41, 5.74) is 8.02. The van der Waals surface area contributed by atoms with Crippen LogP contribution in [0.4, 0.5) is 5.82 Å². The Morgan fingerprint density at radius 2 is 1.89 bits per heavy atom. The molecule has 0 radical (unpaired) electrons. The zero-order valence-electron chi connectivity index (χ0n) is 10.6. The predicted molar refractivity (Wildman–Crippen MR) is 79.6 cm³/mol. The number of nitrogens with two attached hydrogens (primary N) is 1.